The number of nitrogens with zero attached hydrogens (tertiary/aromatic N) is 15. The highest BCUT2D eigenvalue weighted by Gasteiger charge is 2.53. The molecule has 46 heavy (non-hydrogen) atoms. The van der Waals surface area contributed by atoms with Crippen LogP contribution in [0.4, 0.5) is 0 Å². The Kier molecular flexibility index (Phi) is 17.9. The topological polar surface area (TPSA) is 273 Å². The Bertz CT molecular complexity index is 1170. The predicted octanol–water partition coefficient (Wildman–Crippen LogP) is 9.71. The average Bonchev–Trinajstić information content (AvgIpc) is 3.04. The normalized spacial score (nSPS) is 28.2. The van der Waals surface area contributed by atoms with Gasteiger partial charge < -0.3 is 9.84 Å². The van der Waals surface area contributed by atoms with Gasteiger partial charge in [0.25, 0.3) is 0 Å². The van der Waals surface area contributed by atoms with Gasteiger partial charge in [-0.1, -0.05) is 97.7 Å². The van der Waals surface area contributed by atoms with Crippen LogP contribution in [0.2, 0.25) is 0 Å². The molecule has 9 atom stereocenters. The monoisotopic (exact) mass is 641 g/mol. The Hall–Kier alpha value is -3.53. The van der Waals surface area contributed by atoms with Crippen LogP contribution in [0, 0.1) is 41.4 Å². The molecule has 0 amide bonds. The number of ether oxygens (including phenoxy) is 1. The van der Waals surface area contributed by atoms with Crippen LogP contribution in [0.25, 0.3) is 52.2 Å². The fraction of sp³-hybridized carbons (Fsp3) is 1.00. The van der Waals surface area contributed by atoms with E-state index in [9.17, 15) is 10.6 Å². The zero-order valence-electron chi connectivity index (χ0n) is 27.6. The fourth-order valence-electron chi connectivity index (χ4n) is 7.61. The summed E-state index contributed by atoms with van der Waals surface area (Å²) in [5.74, 6) is 0.253. The van der Waals surface area contributed by atoms with Crippen molar-refractivity contribution in [3.05, 3.63) is 52.2 Å². The van der Waals surface area contributed by atoms with E-state index in [1.54, 1.807) is 0 Å². The van der Waals surface area contributed by atoms with Crippen LogP contribution in [0.3, 0.4) is 0 Å². The molecular weight excluding hydrogens is 590 g/mol. The maximum atomic E-state index is 11.2. The summed E-state index contributed by atoms with van der Waals surface area (Å²) in [6, 6.07) is 0. The molecule has 1 N–H and O–H groups in total. The minimum absolute atomic E-state index is 0.0615. The molecule has 17 nitrogen and oxygen atoms in total. The van der Waals surface area contributed by atoms with Crippen molar-refractivity contribution in [3.63, 3.8) is 0 Å². The molecule has 0 radical (unpaired) electrons. The molecule has 9 unspecified atom stereocenters. The Morgan fingerprint density at radius 1 is 0.739 bits per heavy atom. The molecule has 1 aliphatic heterocycles. The maximum absolute atomic E-state index is 11.2. The van der Waals surface area contributed by atoms with Gasteiger partial charge in [0, 0.05) is 50.7 Å². The zero-order chi connectivity index (χ0) is 33.8. The van der Waals surface area contributed by atoms with E-state index in [1.807, 2.05) is 6.92 Å². The van der Waals surface area contributed by atoms with Gasteiger partial charge >= 0.3 is 0 Å². The molecule has 1 aliphatic carbocycles. The quantitative estimate of drug-likeness (QED) is 0.0686. The van der Waals surface area contributed by atoms with Crippen molar-refractivity contribution in [1.29, 1.82) is 0 Å². The van der Waals surface area contributed by atoms with Crippen molar-refractivity contribution in [1.82, 2.24) is 0 Å². The molecular formula is C29H51N15O2. The summed E-state index contributed by atoms with van der Waals surface area (Å²) in [6.45, 7) is 7.70. The van der Waals surface area contributed by atoms with E-state index in [0.29, 0.717) is 44.2 Å². The summed E-state index contributed by atoms with van der Waals surface area (Å²) >= 11 is 0. The van der Waals surface area contributed by atoms with Gasteiger partial charge in [0.15, 0.2) is 0 Å². The fourth-order valence-corrected chi connectivity index (χ4v) is 7.61. The smallest absolute Gasteiger partial charge is 0.0743 e. The molecule has 1 saturated heterocycles. The van der Waals surface area contributed by atoms with Gasteiger partial charge in [0.2, 0.25) is 0 Å². The van der Waals surface area contributed by atoms with E-state index in [4.69, 9.17) is 26.9 Å². The predicted molar refractivity (Wildman–Crippen MR) is 176 cm³/mol. The second-order valence-electron chi connectivity index (χ2n) is 13.6. The number of rotatable bonds is 22. The second kappa shape index (κ2) is 21.3. The lowest BCUT2D eigenvalue weighted by Crippen LogP contribution is -2.60. The Morgan fingerprint density at radius 2 is 1.26 bits per heavy atom. The minimum Gasteiger partial charge on any atom is -0.393 e. The molecule has 254 valence electrons. The van der Waals surface area contributed by atoms with Crippen LogP contribution >= 0.6 is 0 Å². The zero-order valence-corrected chi connectivity index (χ0v) is 27.6. The first-order chi connectivity index (χ1) is 22.2. The van der Waals surface area contributed by atoms with Crippen LogP contribution in [-0.2, 0) is 4.74 Å². The molecule has 2 aliphatic rings. The lowest BCUT2D eigenvalue weighted by molar-refractivity contribution is -0.221. The third-order valence-corrected chi connectivity index (χ3v) is 10.2. The van der Waals surface area contributed by atoms with Crippen molar-refractivity contribution in [3.8, 4) is 0 Å². The van der Waals surface area contributed by atoms with Gasteiger partial charge in [-0.25, -0.2) is 0 Å². The number of hydrogen-bond acceptors (Lipinski definition) is 7. The number of fused-ring (bicyclic) bond motifs is 1. The summed E-state index contributed by atoms with van der Waals surface area (Å²) < 4.78 is 6.86. The van der Waals surface area contributed by atoms with Crippen molar-refractivity contribution in [2.45, 2.75) is 109 Å². The molecule has 0 aromatic carbocycles. The third kappa shape index (κ3) is 12.3. The number of aliphatic hydroxyl groups is 1. The highest BCUT2D eigenvalue weighted by Crippen LogP contribution is 2.49. The third-order valence-electron chi connectivity index (χ3n) is 10.2. The summed E-state index contributed by atoms with van der Waals surface area (Å²) in [6.07, 6.45) is 8.55. The number of hydrogen-bond donors (Lipinski definition) is 1. The molecule has 1 saturated carbocycles. The van der Waals surface area contributed by atoms with E-state index in [1.165, 1.54) is 0 Å². The van der Waals surface area contributed by atoms with Crippen LogP contribution in [0.15, 0.2) is 25.6 Å². The van der Waals surface area contributed by atoms with Gasteiger partial charge in [-0.15, -0.1) is 0 Å². The largest absolute Gasteiger partial charge is 0.393 e. The van der Waals surface area contributed by atoms with Crippen LogP contribution in [0.5, 0.6) is 0 Å². The van der Waals surface area contributed by atoms with E-state index in [0.717, 1.165) is 51.4 Å². The van der Waals surface area contributed by atoms with Gasteiger partial charge in [0.1, 0.15) is 0 Å². The standard InChI is InChI=1S/C29H51N15O2/c1-20(2)7-4-8-22(15-35-40-30)9-5-10-23(16-36-41-31)11-6-13-29(19-39-44-34)14-12-24-26(18-38-43-33)27(45)25(17-37-42-32)21(3)28(24)46-29/h20-28,45H,4-19H2,1-3H3. The lowest BCUT2D eigenvalue weighted by Gasteiger charge is -2.55. The van der Waals surface area contributed by atoms with Crippen molar-refractivity contribution < 1.29 is 9.84 Å². The van der Waals surface area contributed by atoms with Gasteiger partial charge in [-0.2, -0.15) is 0 Å². The Labute approximate surface area is 271 Å². The molecule has 0 aromatic rings. The van der Waals surface area contributed by atoms with Gasteiger partial charge in [0.05, 0.1) is 24.4 Å². The number of aliphatic hydroxyl groups excluding tert-OH is 1. The molecule has 1 heterocycles. The first-order valence-corrected chi connectivity index (χ1v) is 16.7. The van der Waals surface area contributed by atoms with Crippen LogP contribution in [0.1, 0.15) is 91.4 Å². The SMILES string of the molecule is CC(C)CCCC(CCCC(CCCC1(CN=[N+]=[N-])CCC2C(CN=[N+]=[N-])C(O)C(CN=[N+]=[N-])C(C)C2O1)CN=[N+]=[N-])CN=[N+]=[N-]. The van der Waals surface area contributed by atoms with Gasteiger partial charge in [-0.05, 0) is 88.3 Å². The lowest BCUT2D eigenvalue weighted by atomic mass is 9.61. The summed E-state index contributed by atoms with van der Waals surface area (Å²) in [5, 5.41) is 30.4. The first-order valence-electron chi connectivity index (χ1n) is 16.7. The molecule has 2 rings (SSSR count). The highest BCUT2D eigenvalue weighted by atomic mass is 16.5. The number of azide groups is 5. The van der Waals surface area contributed by atoms with Crippen LogP contribution < -0.4 is 0 Å². The van der Waals surface area contributed by atoms with E-state index in [2.05, 4.69) is 64.0 Å². The maximum Gasteiger partial charge on any atom is 0.0743 e. The second-order valence-corrected chi connectivity index (χ2v) is 13.6. The van der Waals surface area contributed by atoms with Crippen molar-refractivity contribution in [2.75, 3.05) is 32.7 Å². The van der Waals surface area contributed by atoms with Gasteiger partial charge in [-0.3, -0.25) is 0 Å². The summed E-state index contributed by atoms with van der Waals surface area (Å²) in [5.41, 5.74) is 44.3. The van der Waals surface area contributed by atoms with E-state index in [-0.39, 0.29) is 55.3 Å². The van der Waals surface area contributed by atoms with E-state index < -0.39 is 11.7 Å². The minimum atomic E-state index is -0.802. The summed E-state index contributed by atoms with van der Waals surface area (Å²) in [4.78, 5) is 14.8. The van der Waals surface area contributed by atoms with Crippen molar-refractivity contribution in [2.24, 2.45) is 67.0 Å². The Morgan fingerprint density at radius 3 is 1.80 bits per heavy atom. The van der Waals surface area contributed by atoms with Crippen molar-refractivity contribution >= 4 is 0 Å². The summed E-state index contributed by atoms with van der Waals surface area (Å²) in [7, 11) is 0. The molecule has 0 bridgehead atoms. The Balaban J connectivity index is 2.12. The molecule has 0 spiro atoms. The first kappa shape index (κ1) is 38.7. The molecule has 0 aromatic heterocycles. The van der Waals surface area contributed by atoms with E-state index >= 15 is 0 Å². The highest BCUT2D eigenvalue weighted by molar-refractivity contribution is 5.03. The molecule has 17 heteroatoms. The average molecular weight is 642 g/mol. The van der Waals surface area contributed by atoms with Crippen LogP contribution in [-0.4, -0.2) is 55.6 Å². The molecule has 2 fully saturated rings.